The Bertz CT molecular complexity index is 761. The summed E-state index contributed by atoms with van der Waals surface area (Å²) in [7, 11) is 0. The molecule has 3 rings (SSSR count). The summed E-state index contributed by atoms with van der Waals surface area (Å²) in [4.78, 5) is 44.2. The summed E-state index contributed by atoms with van der Waals surface area (Å²) >= 11 is 6.09. The number of carbonyl (C=O) groups is 3. The lowest BCUT2D eigenvalue weighted by molar-refractivity contribution is -0.153. The first-order chi connectivity index (χ1) is 13.0. The van der Waals surface area contributed by atoms with E-state index in [4.69, 9.17) is 16.3 Å². The maximum atomic E-state index is 12.7. The second-order valence-electron chi connectivity index (χ2n) is 6.30. The minimum absolute atomic E-state index is 0.176. The van der Waals surface area contributed by atoms with Gasteiger partial charge in [-0.1, -0.05) is 23.7 Å². The molecule has 8 nitrogen and oxygen atoms in total. The Kier molecular flexibility index (Phi) is 5.95. The number of halogens is 1. The summed E-state index contributed by atoms with van der Waals surface area (Å²) in [5.74, 6) is -1.76. The highest BCUT2D eigenvalue weighted by molar-refractivity contribution is 6.30. The van der Waals surface area contributed by atoms with Crippen LogP contribution in [0.2, 0.25) is 5.02 Å². The molecule has 144 valence electrons. The van der Waals surface area contributed by atoms with E-state index in [9.17, 15) is 14.4 Å². The molecule has 0 bridgehead atoms. The highest BCUT2D eigenvalue weighted by Crippen LogP contribution is 2.32. The number of guanidine groups is 1. The Morgan fingerprint density at radius 2 is 2.11 bits per heavy atom. The molecule has 1 saturated heterocycles. The van der Waals surface area contributed by atoms with Crippen molar-refractivity contribution in [2.45, 2.75) is 13.0 Å². The van der Waals surface area contributed by atoms with E-state index in [2.05, 4.69) is 10.3 Å². The molecule has 2 aliphatic heterocycles. The number of benzene rings is 1. The number of hydrogen-bond donors (Lipinski definition) is 1. The van der Waals surface area contributed by atoms with E-state index in [-0.39, 0.29) is 6.61 Å². The Morgan fingerprint density at radius 1 is 1.37 bits per heavy atom. The van der Waals surface area contributed by atoms with Crippen LogP contribution < -0.4 is 5.32 Å². The molecule has 2 amide bonds. The average Bonchev–Trinajstić information content (AvgIpc) is 2.67. The monoisotopic (exact) mass is 392 g/mol. The van der Waals surface area contributed by atoms with Gasteiger partial charge in [-0.2, -0.15) is 0 Å². The SMILES string of the molecule is CCOC(=O)[C@H]1C(=O)NC(N2CCN(C=O)CC2)=N[C@@H]1c1cccc(Cl)c1. The highest BCUT2D eigenvalue weighted by atomic mass is 35.5. The van der Waals surface area contributed by atoms with Gasteiger partial charge in [0.15, 0.2) is 5.92 Å². The number of nitrogens with one attached hydrogen (secondary N) is 1. The van der Waals surface area contributed by atoms with Gasteiger partial charge < -0.3 is 14.5 Å². The fraction of sp³-hybridized carbons (Fsp3) is 0.444. The second kappa shape index (κ2) is 8.39. The normalized spacial score (nSPS) is 22.7. The van der Waals surface area contributed by atoms with Gasteiger partial charge in [-0.15, -0.1) is 0 Å². The number of hydrogen-bond acceptors (Lipinski definition) is 6. The van der Waals surface area contributed by atoms with Crippen LogP contribution in [0.15, 0.2) is 29.3 Å². The second-order valence-corrected chi connectivity index (χ2v) is 6.74. The van der Waals surface area contributed by atoms with Crippen molar-refractivity contribution in [2.75, 3.05) is 32.8 Å². The van der Waals surface area contributed by atoms with Gasteiger partial charge >= 0.3 is 5.97 Å². The van der Waals surface area contributed by atoms with Crippen LogP contribution in [-0.4, -0.2) is 66.8 Å². The van der Waals surface area contributed by atoms with Gasteiger partial charge in [0.2, 0.25) is 18.3 Å². The van der Waals surface area contributed by atoms with Crippen molar-refractivity contribution in [3.63, 3.8) is 0 Å². The number of aliphatic imine (C=N–C) groups is 1. The van der Waals surface area contributed by atoms with Gasteiger partial charge in [0.1, 0.15) is 6.04 Å². The van der Waals surface area contributed by atoms with Crippen LogP contribution >= 0.6 is 11.6 Å². The maximum Gasteiger partial charge on any atom is 0.321 e. The molecular formula is C18H21ClN4O4. The van der Waals surface area contributed by atoms with Crippen LogP contribution in [-0.2, 0) is 19.1 Å². The lowest BCUT2D eigenvalue weighted by atomic mass is 9.91. The van der Waals surface area contributed by atoms with Crippen LogP contribution in [0.1, 0.15) is 18.5 Å². The lowest BCUT2D eigenvalue weighted by Crippen LogP contribution is -2.57. The molecule has 2 aliphatic rings. The van der Waals surface area contributed by atoms with E-state index in [1.54, 1.807) is 36.1 Å². The Morgan fingerprint density at radius 3 is 2.74 bits per heavy atom. The number of nitrogens with zero attached hydrogens (tertiary/aromatic N) is 3. The molecule has 0 aromatic heterocycles. The first kappa shape index (κ1) is 19.2. The summed E-state index contributed by atoms with van der Waals surface area (Å²) in [6, 6.07) is 6.23. The van der Waals surface area contributed by atoms with Crippen molar-refractivity contribution in [2.24, 2.45) is 10.9 Å². The van der Waals surface area contributed by atoms with E-state index in [0.29, 0.717) is 42.7 Å². The molecule has 1 aromatic rings. The molecular weight excluding hydrogens is 372 g/mol. The summed E-state index contributed by atoms with van der Waals surface area (Å²) in [5.41, 5.74) is 0.666. The molecule has 2 heterocycles. The van der Waals surface area contributed by atoms with Gasteiger partial charge in [0, 0.05) is 31.2 Å². The van der Waals surface area contributed by atoms with E-state index >= 15 is 0 Å². The van der Waals surface area contributed by atoms with E-state index in [0.717, 1.165) is 6.41 Å². The molecule has 9 heteroatoms. The fourth-order valence-corrected chi connectivity index (χ4v) is 3.39. The average molecular weight is 393 g/mol. The molecule has 2 atom stereocenters. The molecule has 0 aliphatic carbocycles. The third-order valence-corrected chi connectivity index (χ3v) is 4.82. The third kappa shape index (κ3) is 4.21. The van der Waals surface area contributed by atoms with E-state index < -0.39 is 23.8 Å². The van der Waals surface area contributed by atoms with Crippen molar-refractivity contribution in [3.8, 4) is 0 Å². The van der Waals surface area contributed by atoms with Gasteiger partial charge in [-0.3, -0.25) is 19.7 Å². The molecule has 27 heavy (non-hydrogen) atoms. The van der Waals surface area contributed by atoms with Crippen LogP contribution in [0.4, 0.5) is 0 Å². The van der Waals surface area contributed by atoms with Crippen LogP contribution in [0.25, 0.3) is 0 Å². The summed E-state index contributed by atoms with van der Waals surface area (Å²) in [6.45, 7) is 4.04. The first-order valence-electron chi connectivity index (χ1n) is 8.78. The van der Waals surface area contributed by atoms with Crippen LogP contribution in [0, 0.1) is 5.92 Å². The van der Waals surface area contributed by atoms with Gasteiger partial charge in [0.05, 0.1) is 6.61 Å². The Hall–Kier alpha value is -2.61. The fourth-order valence-electron chi connectivity index (χ4n) is 3.20. The predicted molar refractivity (Wildman–Crippen MR) is 99.1 cm³/mol. The Balaban J connectivity index is 1.92. The Labute approximate surface area is 162 Å². The minimum atomic E-state index is -1.08. The number of ether oxygens (including phenoxy) is 1. The zero-order valence-electron chi connectivity index (χ0n) is 14.9. The minimum Gasteiger partial charge on any atom is -0.465 e. The standard InChI is InChI=1S/C18H21ClN4O4/c1-2-27-17(26)14-15(12-4-3-5-13(19)10-12)20-18(21-16(14)25)23-8-6-22(11-24)7-9-23/h3-5,10-11,14-15H,2,6-9H2,1H3,(H,20,21,25)/t14-,15-/m1/s1. The van der Waals surface area contributed by atoms with E-state index in [1.165, 1.54) is 0 Å². The molecule has 0 unspecified atom stereocenters. The van der Waals surface area contributed by atoms with Crippen molar-refractivity contribution in [1.82, 2.24) is 15.1 Å². The summed E-state index contributed by atoms with van der Waals surface area (Å²) < 4.78 is 5.08. The molecule has 1 fully saturated rings. The zero-order chi connectivity index (χ0) is 19.4. The van der Waals surface area contributed by atoms with Crippen molar-refractivity contribution >= 4 is 35.8 Å². The van der Waals surface area contributed by atoms with E-state index in [1.807, 2.05) is 4.90 Å². The highest BCUT2D eigenvalue weighted by Gasteiger charge is 2.42. The summed E-state index contributed by atoms with van der Waals surface area (Å²) in [6.07, 6.45) is 0.810. The first-order valence-corrected chi connectivity index (χ1v) is 9.16. The summed E-state index contributed by atoms with van der Waals surface area (Å²) in [5, 5.41) is 3.22. The van der Waals surface area contributed by atoms with Crippen LogP contribution in [0.3, 0.4) is 0 Å². The number of esters is 1. The van der Waals surface area contributed by atoms with Crippen molar-refractivity contribution < 1.29 is 19.1 Å². The smallest absolute Gasteiger partial charge is 0.321 e. The number of piperazine rings is 1. The number of carbonyl (C=O) groups excluding carboxylic acids is 3. The molecule has 1 aromatic carbocycles. The lowest BCUT2D eigenvalue weighted by Gasteiger charge is -2.37. The molecule has 1 N–H and O–H groups in total. The topological polar surface area (TPSA) is 91.3 Å². The number of amides is 2. The van der Waals surface area contributed by atoms with Gasteiger partial charge in [-0.05, 0) is 24.6 Å². The molecule has 0 spiro atoms. The van der Waals surface area contributed by atoms with Gasteiger partial charge in [0.25, 0.3) is 0 Å². The molecule has 0 radical (unpaired) electrons. The van der Waals surface area contributed by atoms with Crippen molar-refractivity contribution in [1.29, 1.82) is 0 Å². The predicted octanol–water partition coefficient (Wildman–Crippen LogP) is 0.820. The van der Waals surface area contributed by atoms with Crippen molar-refractivity contribution in [3.05, 3.63) is 34.9 Å². The largest absolute Gasteiger partial charge is 0.465 e. The van der Waals surface area contributed by atoms with Crippen LogP contribution in [0.5, 0.6) is 0 Å². The number of rotatable bonds is 4. The maximum absolute atomic E-state index is 12.7. The zero-order valence-corrected chi connectivity index (χ0v) is 15.7. The quantitative estimate of drug-likeness (QED) is 0.465. The molecule has 0 saturated carbocycles. The van der Waals surface area contributed by atoms with Gasteiger partial charge in [-0.25, -0.2) is 4.99 Å². The third-order valence-electron chi connectivity index (χ3n) is 4.59.